The molecule has 0 aliphatic rings. The fourth-order valence-electron chi connectivity index (χ4n) is 0.951. The summed E-state index contributed by atoms with van der Waals surface area (Å²) >= 11 is 16.7. The normalized spacial score (nSPS) is 10.1. The Hall–Kier alpha value is -0.100. The van der Waals surface area contributed by atoms with Crippen LogP contribution in [-0.4, -0.2) is 25.3 Å². The van der Waals surface area contributed by atoms with Crippen LogP contribution in [0.3, 0.4) is 0 Å². The number of thiol groups is 1. The molecule has 0 aliphatic carbocycles. The summed E-state index contributed by atoms with van der Waals surface area (Å²) in [6.45, 7) is 0.484. The van der Waals surface area contributed by atoms with Crippen LogP contribution in [0.4, 0.5) is 0 Å². The van der Waals surface area contributed by atoms with E-state index in [2.05, 4.69) is 17.9 Å². The van der Waals surface area contributed by atoms with Crippen molar-refractivity contribution < 1.29 is 9.53 Å². The van der Waals surface area contributed by atoms with Gasteiger partial charge in [-0.2, -0.15) is 12.6 Å². The molecule has 0 unspecified atom stereocenters. The SMILES string of the molecule is COc1c(C(=O)NCCS)sc(Cl)c1Cl. The summed E-state index contributed by atoms with van der Waals surface area (Å²) in [6, 6.07) is 0. The van der Waals surface area contributed by atoms with Crippen LogP contribution < -0.4 is 10.1 Å². The van der Waals surface area contributed by atoms with Gasteiger partial charge in [-0.15, -0.1) is 11.3 Å². The second-order valence-electron chi connectivity index (χ2n) is 2.53. The molecule has 0 aliphatic heterocycles. The van der Waals surface area contributed by atoms with Crippen LogP contribution in [0.15, 0.2) is 0 Å². The lowest BCUT2D eigenvalue weighted by Gasteiger charge is -2.03. The maximum absolute atomic E-state index is 11.6. The highest BCUT2D eigenvalue weighted by Crippen LogP contribution is 2.42. The van der Waals surface area contributed by atoms with Crippen LogP contribution in [0.1, 0.15) is 9.67 Å². The van der Waals surface area contributed by atoms with E-state index in [1.165, 1.54) is 7.11 Å². The molecule has 1 aromatic heterocycles. The van der Waals surface area contributed by atoms with Crippen LogP contribution in [-0.2, 0) is 0 Å². The van der Waals surface area contributed by atoms with Gasteiger partial charge in [-0.1, -0.05) is 23.2 Å². The standard InChI is InChI=1S/C8H9Cl2NO2S2/c1-13-5-4(9)7(10)15-6(5)8(12)11-2-3-14/h14H,2-3H2,1H3,(H,11,12). The van der Waals surface area contributed by atoms with Crippen molar-refractivity contribution >= 4 is 53.1 Å². The summed E-state index contributed by atoms with van der Waals surface area (Å²) in [5, 5.41) is 2.94. The number of ether oxygens (including phenoxy) is 1. The summed E-state index contributed by atoms with van der Waals surface area (Å²) in [7, 11) is 1.44. The summed E-state index contributed by atoms with van der Waals surface area (Å²) < 4.78 is 5.36. The van der Waals surface area contributed by atoms with E-state index in [9.17, 15) is 4.79 Å². The minimum atomic E-state index is -0.250. The van der Waals surface area contributed by atoms with Gasteiger partial charge in [-0.05, 0) is 0 Å². The maximum atomic E-state index is 11.6. The van der Waals surface area contributed by atoms with Crippen LogP contribution in [0.5, 0.6) is 5.75 Å². The van der Waals surface area contributed by atoms with Gasteiger partial charge in [0, 0.05) is 12.3 Å². The number of hydrogen-bond donors (Lipinski definition) is 2. The van der Waals surface area contributed by atoms with Gasteiger partial charge in [0.05, 0.1) is 7.11 Å². The Kier molecular flexibility index (Phi) is 5.05. The molecule has 15 heavy (non-hydrogen) atoms. The molecule has 1 amide bonds. The van der Waals surface area contributed by atoms with Gasteiger partial charge >= 0.3 is 0 Å². The van der Waals surface area contributed by atoms with Crippen molar-refractivity contribution in [3.8, 4) is 5.75 Å². The molecule has 0 fully saturated rings. The number of thiophene rings is 1. The zero-order valence-corrected chi connectivity index (χ0v) is 11.1. The predicted octanol–water partition coefficient (Wildman–Crippen LogP) is 2.72. The Morgan fingerprint density at radius 1 is 1.60 bits per heavy atom. The highest BCUT2D eigenvalue weighted by Gasteiger charge is 2.21. The molecule has 0 saturated heterocycles. The van der Waals surface area contributed by atoms with Crippen molar-refractivity contribution in [1.29, 1.82) is 0 Å². The lowest BCUT2D eigenvalue weighted by atomic mass is 10.4. The molecule has 7 heteroatoms. The van der Waals surface area contributed by atoms with E-state index in [1.807, 2.05) is 0 Å². The zero-order valence-electron chi connectivity index (χ0n) is 7.84. The van der Waals surface area contributed by atoms with Crippen molar-refractivity contribution in [3.05, 3.63) is 14.2 Å². The van der Waals surface area contributed by atoms with E-state index in [1.54, 1.807) is 0 Å². The fourth-order valence-corrected chi connectivity index (χ4v) is 2.53. The van der Waals surface area contributed by atoms with E-state index >= 15 is 0 Å². The molecular formula is C8H9Cl2NO2S2. The first kappa shape index (κ1) is 13.0. The topological polar surface area (TPSA) is 38.3 Å². The Morgan fingerprint density at radius 3 is 2.80 bits per heavy atom. The third-order valence-electron chi connectivity index (χ3n) is 1.58. The number of carbonyl (C=O) groups is 1. The third kappa shape index (κ3) is 2.93. The minimum absolute atomic E-state index is 0.250. The molecule has 0 aromatic carbocycles. The number of nitrogens with one attached hydrogen (secondary N) is 1. The Bertz CT molecular complexity index is 368. The maximum Gasteiger partial charge on any atom is 0.265 e. The van der Waals surface area contributed by atoms with E-state index in [0.29, 0.717) is 27.3 Å². The summed E-state index contributed by atoms with van der Waals surface area (Å²) in [5.41, 5.74) is 0. The number of amides is 1. The summed E-state index contributed by atoms with van der Waals surface area (Å²) in [5.74, 6) is 0.643. The molecule has 0 atom stereocenters. The second-order valence-corrected chi connectivity index (χ2v) is 4.98. The van der Waals surface area contributed by atoms with Crippen molar-refractivity contribution in [3.63, 3.8) is 0 Å². The van der Waals surface area contributed by atoms with E-state index in [0.717, 1.165) is 11.3 Å². The van der Waals surface area contributed by atoms with Crippen LogP contribution in [0, 0.1) is 0 Å². The molecule has 1 aromatic rings. The number of carbonyl (C=O) groups excluding carboxylic acids is 1. The first-order chi connectivity index (χ1) is 7.11. The van der Waals surface area contributed by atoms with Gasteiger partial charge in [0.15, 0.2) is 5.75 Å². The van der Waals surface area contributed by atoms with Crippen LogP contribution in [0.2, 0.25) is 9.36 Å². The molecule has 1 heterocycles. The number of halogens is 2. The van der Waals surface area contributed by atoms with Gasteiger partial charge < -0.3 is 10.1 Å². The molecule has 84 valence electrons. The molecule has 3 nitrogen and oxygen atoms in total. The van der Waals surface area contributed by atoms with Gasteiger partial charge in [0.2, 0.25) is 0 Å². The second kappa shape index (κ2) is 5.84. The van der Waals surface area contributed by atoms with Gasteiger partial charge in [-0.25, -0.2) is 0 Å². The van der Waals surface area contributed by atoms with Crippen LogP contribution in [0.25, 0.3) is 0 Å². The molecule has 0 saturated carbocycles. The van der Waals surface area contributed by atoms with Crippen molar-refractivity contribution in [2.75, 3.05) is 19.4 Å². The number of hydrogen-bond acceptors (Lipinski definition) is 4. The van der Waals surface area contributed by atoms with Crippen molar-refractivity contribution in [2.24, 2.45) is 0 Å². The smallest absolute Gasteiger partial charge is 0.265 e. The first-order valence-corrected chi connectivity index (χ1v) is 6.23. The molecule has 1 N–H and O–H groups in total. The van der Waals surface area contributed by atoms with Gasteiger partial charge in [-0.3, -0.25) is 4.79 Å². The highest BCUT2D eigenvalue weighted by atomic mass is 35.5. The molecular weight excluding hydrogens is 277 g/mol. The summed E-state index contributed by atoms with van der Waals surface area (Å²) in [6.07, 6.45) is 0. The van der Waals surface area contributed by atoms with Crippen LogP contribution >= 0.6 is 47.2 Å². The Labute approximate surface area is 107 Å². The third-order valence-corrected chi connectivity index (χ3v) is 3.75. The highest BCUT2D eigenvalue weighted by molar-refractivity contribution is 7.80. The zero-order chi connectivity index (χ0) is 11.4. The Balaban J connectivity index is 2.93. The van der Waals surface area contributed by atoms with E-state index < -0.39 is 0 Å². The molecule has 0 bridgehead atoms. The quantitative estimate of drug-likeness (QED) is 0.835. The lowest BCUT2D eigenvalue weighted by molar-refractivity contribution is 0.0957. The Morgan fingerprint density at radius 2 is 2.27 bits per heavy atom. The average molecular weight is 286 g/mol. The predicted molar refractivity (Wildman–Crippen MR) is 67.1 cm³/mol. The fraction of sp³-hybridized carbons (Fsp3) is 0.375. The average Bonchev–Trinajstić information content (AvgIpc) is 2.52. The van der Waals surface area contributed by atoms with Gasteiger partial charge in [0.25, 0.3) is 5.91 Å². The van der Waals surface area contributed by atoms with Crippen molar-refractivity contribution in [1.82, 2.24) is 5.32 Å². The molecule has 1 rings (SSSR count). The molecule has 0 radical (unpaired) electrons. The van der Waals surface area contributed by atoms with Gasteiger partial charge in [0.1, 0.15) is 14.2 Å². The lowest BCUT2D eigenvalue weighted by Crippen LogP contribution is -2.24. The summed E-state index contributed by atoms with van der Waals surface area (Å²) in [4.78, 5) is 12.0. The monoisotopic (exact) mass is 285 g/mol. The largest absolute Gasteiger partial charge is 0.493 e. The molecule has 0 spiro atoms. The number of methoxy groups -OCH3 is 1. The minimum Gasteiger partial charge on any atom is -0.493 e. The van der Waals surface area contributed by atoms with Crippen molar-refractivity contribution in [2.45, 2.75) is 0 Å². The first-order valence-electron chi connectivity index (χ1n) is 4.02. The van der Waals surface area contributed by atoms with E-state index in [4.69, 9.17) is 27.9 Å². The van der Waals surface area contributed by atoms with E-state index in [-0.39, 0.29) is 10.9 Å². The number of rotatable bonds is 4.